The van der Waals surface area contributed by atoms with Crippen LogP contribution < -0.4 is 10.1 Å². The lowest BCUT2D eigenvalue weighted by Gasteiger charge is -2.18. The molecule has 176 valence electrons. The van der Waals surface area contributed by atoms with Crippen molar-refractivity contribution in [2.45, 2.75) is 13.8 Å². The first-order chi connectivity index (χ1) is 17.5. The topological polar surface area (TPSA) is 81.2 Å². The van der Waals surface area contributed by atoms with Crippen LogP contribution in [-0.4, -0.2) is 28.1 Å². The van der Waals surface area contributed by atoms with E-state index in [4.69, 9.17) is 4.74 Å². The fourth-order valence-electron chi connectivity index (χ4n) is 4.68. The molecule has 0 unspecified atom stereocenters. The molecule has 2 heterocycles. The van der Waals surface area contributed by atoms with E-state index in [9.17, 15) is 9.59 Å². The zero-order chi connectivity index (χ0) is 24.8. The summed E-state index contributed by atoms with van der Waals surface area (Å²) in [7, 11) is 0. The van der Waals surface area contributed by atoms with Gasteiger partial charge < -0.3 is 10.1 Å². The Balaban J connectivity index is 1.42. The van der Waals surface area contributed by atoms with Gasteiger partial charge in [-0.1, -0.05) is 36.4 Å². The van der Waals surface area contributed by atoms with Crippen molar-refractivity contribution in [3.8, 4) is 16.9 Å². The lowest BCUT2D eigenvalue weighted by molar-refractivity contribution is 0.0979. The normalized spacial score (nSPS) is 12.4. The van der Waals surface area contributed by atoms with E-state index in [0.29, 0.717) is 40.4 Å². The molecule has 6 nitrogen and oxygen atoms in total. The molecule has 0 radical (unpaired) electrons. The van der Waals surface area contributed by atoms with Crippen LogP contribution in [0.2, 0.25) is 0 Å². The lowest BCUT2D eigenvalue weighted by Crippen LogP contribution is -2.20. The SMILES string of the molecule is CCOc1ccc(-c2c(C)sc3ncnc(Nc4ccc5c(c4)C(=O)c4ccccc4C5=O)c23)cc1. The molecule has 3 aromatic carbocycles. The third-order valence-corrected chi connectivity index (χ3v) is 7.32. The predicted molar refractivity (Wildman–Crippen MR) is 142 cm³/mol. The number of rotatable bonds is 5. The molecule has 0 fully saturated rings. The molecule has 1 N–H and O–H groups in total. The number of carbonyl (C=O) groups is 2. The Morgan fingerprint density at radius 1 is 0.861 bits per heavy atom. The first kappa shape index (κ1) is 22.1. The van der Waals surface area contributed by atoms with Crippen molar-refractivity contribution in [3.05, 3.63) is 100 Å². The monoisotopic (exact) mass is 491 g/mol. The van der Waals surface area contributed by atoms with Gasteiger partial charge in [0.15, 0.2) is 11.6 Å². The molecule has 7 heteroatoms. The second-order valence-electron chi connectivity index (χ2n) is 8.48. The van der Waals surface area contributed by atoms with Crippen LogP contribution >= 0.6 is 11.3 Å². The smallest absolute Gasteiger partial charge is 0.194 e. The number of benzene rings is 3. The molecule has 0 atom stereocenters. The van der Waals surface area contributed by atoms with E-state index in [0.717, 1.165) is 32.0 Å². The van der Waals surface area contributed by atoms with Crippen LogP contribution in [0.15, 0.2) is 73.1 Å². The predicted octanol–water partition coefficient (Wildman–Crippen LogP) is 6.58. The summed E-state index contributed by atoms with van der Waals surface area (Å²) in [5, 5.41) is 4.29. The molecular weight excluding hydrogens is 470 g/mol. The Morgan fingerprint density at radius 2 is 1.56 bits per heavy atom. The van der Waals surface area contributed by atoms with Crippen molar-refractivity contribution >= 4 is 44.6 Å². The number of aromatic nitrogens is 2. The Hall–Kier alpha value is -4.36. The number of carbonyl (C=O) groups excluding carboxylic acids is 2. The number of hydrogen-bond acceptors (Lipinski definition) is 7. The van der Waals surface area contributed by atoms with Crippen molar-refractivity contribution in [1.82, 2.24) is 9.97 Å². The van der Waals surface area contributed by atoms with Crippen LogP contribution in [0.3, 0.4) is 0 Å². The van der Waals surface area contributed by atoms with Gasteiger partial charge >= 0.3 is 0 Å². The van der Waals surface area contributed by atoms with Crippen LogP contribution in [0, 0.1) is 6.92 Å². The average molecular weight is 492 g/mol. The molecule has 5 aromatic rings. The van der Waals surface area contributed by atoms with E-state index >= 15 is 0 Å². The second-order valence-corrected chi connectivity index (χ2v) is 9.69. The van der Waals surface area contributed by atoms with Crippen LogP contribution in [0.1, 0.15) is 43.6 Å². The number of thiophene rings is 1. The number of ketones is 2. The molecule has 36 heavy (non-hydrogen) atoms. The first-order valence-corrected chi connectivity index (χ1v) is 12.4. The minimum atomic E-state index is -0.155. The van der Waals surface area contributed by atoms with Crippen LogP contribution in [-0.2, 0) is 0 Å². The van der Waals surface area contributed by atoms with Crippen LogP contribution in [0.25, 0.3) is 21.3 Å². The summed E-state index contributed by atoms with van der Waals surface area (Å²) in [5.41, 5.74) is 4.46. The van der Waals surface area contributed by atoms with E-state index < -0.39 is 0 Å². The Bertz CT molecular complexity index is 1670. The van der Waals surface area contributed by atoms with E-state index in [1.54, 1.807) is 47.7 Å². The molecule has 6 rings (SSSR count). The summed E-state index contributed by atoms with van der Waals surface area (Å²) in [5.74, 6) is 1.17. The molecular formula is C29H21N3O3S. The highest BCUT2D eigenvalue weighted by atomic mass is 32.1. The van der Waals surface area contributed by atoms with Gasteiger partial charge in [0, 0.05) is 38.4 Å². The van der Waals surface area contributed by atoms with Gasteiger partial charge in [-0.05, 0) is 49.7 Å². The van der Waals surface area contributed by atoms with Crippen molar-refractivity contribution < 1.29 is 14.3 Å². The number of nitrogens with one attached hydrogen (secondary N) is 1. The number of ether oxygens (including phenoxy) is 1. The van der Waals surface area contributed by atoms with Crippen molar-refractivity contribution in [1.29, 1.82) is 0 Å². The minimum absolute atomic E-state index is 0.137. The highest BCUT2D eigenvalue weighted by molar-refractivity contribution is 7.19. The van der Waals surface area contributed by atoms with E-state index in [1.165, 1.54) is 6.33 Å². The van der Waals surface area contributed by atoms with Gasteiger partial charge in [0.25, 0.3) is 0 Å². The molecule has 0 spiro atoms. The maximum Gasteiger partial charge on any atom is 0.194 e. The molecule has 0 saturated carbocycles. The van der Waals surface area contributed by atoms with Gasteiger partial charge in [0.2, 0.25) is 0 Å². The maximum atomic E-state index is 13.2. The largest absolute Gasteiger partial charge is 0.494 e. The van der Waals surface area contributed by atoms with Gasteiger partial charge in [0.05, 0.1) is 12.0 Å². The standard InChI is InChI=1S/C29H21N3O3S/c1-3-35-19-11-8-17(9-12-19)24-16(2)36-29-25(24)28(30-15-31-29)32-18-10-13-22-23(14-18)27(34)21-7-5-4-6-20(21)26(22)33/h4-15H,3H2,1-2H3,(H,30,31,32). The van der Waals surface area contributed by atoms with E-state index in [2.05, 4.69) is 22.2 Å². The number of nitrogens with zero attached hydrogens (tertiary/aromatic N) is 2. The maximum absolute atomic E-state index is 13.2. The third kappa shape index (κ3) is 3.56. The van der Waals surface area contributed by atoms with E-state index in [1.807, 2.05) is 37.3 Å². The highest BCUT2D eigenvalue weighted by Gasteiger charge is 2.29. The molecule has 0 saturated heterocycles. The molecule has 0 aliphatic heterocycles. The molecule has 1 aliphatic carbocycles. The molecule has 0 amide bonds. The number of hydrogen-bond donors (Lipinski definition) is 1. The van der Waals surface area contributed by atoms with Gasteiger partial charge in [0.1, 0.15) is 22.7 Å². The fraction of sp³-hybridized carbons (Fsp3) is 0.103. The van der Waals surface area contributed by atoms with Gasteiger partial charge in [-0.3, -0.25) is 9.59 Å². The zero-order valence-corrected chi connectivity index (χ0v) is 20.5. The molecule has 0 bridgehead atoms. The molecule has 1 aliphatic rings. The van der Waals surface area contributed by atoms with Crippen molar-refractivity contribution in [3.63, 3.8) is 0 Å². The van der Waals surface area contributed by atoms with Crippen LogP contribution in [0.5, 0.6) is 5.75 Å². The van der Waals surface area contributed by atoms with Crippen molar-refractivity contribution in [2.24, 2.45) is 0 Å². The van der Waals surface area contributed by atoms with Crippen LogP contribution in [0.4, 0.5) is 11.5 Å². The second kappa shape index (κ2) is 8.70. The quantitative estimate of drug-likeness (QED) is 0.293. The minimum Gasteiger partial charge on any atom is -0.494 e. The number of fused-ring (bicyclic) bond motifs is 3. The summed E-state index contributed by atoms with van der Waals surface area (Å²) in [6.45, 7) is 4.65. The first-order valence-electron chi connectivity index (χ1n) is 11.6. The van der Waals surface area contributed by atoms with E-state index in [-0.39, 0.29) is 11.6 Å². The Morgan fingerprint density at radius 3 is 2.28 bits per heavy atom. The van der Waals surface area contributed by atoms with Crippen molar-refractivity contribution in [2.75, 3.05) is 11.9 Å². The highest BCUT2D eigenvalue weighted by Crippen LogP contribution is 2.41. The summed E-state index contributed by atoms with van der Waals surface area (Å²) in [4.78, 5) is 37.2. The Kier molecular flexibility index (Phi) is 5.34. The Labute approximate surface area is 211 Å². The summed E-state index contributed by atoms with van der Waals surface area (Å²) >= 11 is 1.61. The third-order valence-electron chi connectivity index (χ3n) is 6.31. The molecule has 2 aromatic heterocycles. The number of aryl methyl sites for hydroxylation is 1. The zero-order valence-electron chi connectivity index (χ0n) is 19.7. The fourth-order valence-corrected chi connectivity index (χ4v) is 5.70. The lowest BCUT2D eigenvalue weighted by atomic mass is 9.84. The summed E-state index contributed by atoms with van der Waals surface area (Å²) in [6.07, 6.45) is 1.53. The summed E-state index contributed by atoms with van der Waals surface area (Å²) in [6, 6.07) is 20.2. The van der Waals surface area contributed by atoms with Gasteiger partial charge in [-0.2, -0.15) is 0 Å². The van der Waals surface area contributed by atoms with Gasteiger partial charge in [-0.15, -0.1) is 11.3 Å². The van der Waals surface area contributed by atoms with Gasteiger partial charge in [-0.25, -0.2) is 9.97 Å². The average Bonchev–Trinajstić information content (AvgIpc) is 3.24. The number of anilines is 2. The summed E-state index contributed by atoms with van der Waals surface area (Å²) < 4.78 is 5.60.